The number of rotatable bonds is 3. The van der Waals surface area contributed by atoms with Crippen molar-refractivity contribution >= 4 is 0 Å². The van der Waals surface area contributed by atoms with Crippen molar-refractivity contribution in [1.82, 2.24) is 4.90 Å². The maximum Gasteiger partial charge on any atom is 0.000439 e. The second-order valence-corrected chi connectivity index (χ2v) is 4.37. The van der Waals surface area contributed by atoms with Crippen molar-refractivity contribution in [3.63, 3.8) is 0 Å². The number of hydrogen-bond donors (Lipinski definition) is 1. The summed E-state index contributed by atoms with van der Waals surface area (Å²) in [7, 11) is 0. The van der Waals surface area contributed by atoms with Gasteiger partial charge in [-0.05, 0) is 44.3 Å². The molecule has 0 aromatic heterocycles. The van der Waals surface area contributed by atoms with Gasteiger partial charge in [0.05, 0.1) is 0 Å². The van der Waals surface area contributed by atoms with E-state index in [1.54, 1.807) is 0 Å². The van der Waals surface area contributed by atoms with Gasteiger partial charge in [0.15, 0.2) is 0 Å². The van der Waals surface area contributed by atoms with Crippen LogP contribution in [0, 0.1) is 11.8 Å². The van der Waals surface area contributed by atoms with Gasteiger partial charge in [-0.1, -0.05) is 27.7 Å². The van der Waals surface area contributed by atoms with Crippen LogP contribution in [0.5, 0.6) is 0 Å². The molecule has 2 nitrogen and oxygen atoms in total. The van der Waals surface area contributed by atoms with Crippen LogP contribution in [0.15, 0.2) is 0 Å². The third kappa shape index (κ3) is 5.61. The molecule has 0 spiro atoms. The molecule has 0 radical (unpaired) electrons. The Labute approximate surface area is 89.9 Å². The third-order valence-electron chi connectivity index (χ3n) is 2.66. The average Bonchev–Trinajstić information content (AvgIpc) is 2.21. The van der Waals surface area contributed by atoms with Crippen LogP contribution in [-0.4, -0.2) is 31.1 Å². The smallest absolute Gasteiger partial charge is 0.000439 e. The van der Waals surface area contributed by atoms with Crippen molar-refractivity contribution in [2.45, 2.75) is 40.5 Å². The first-order valence-corrected chi connectivity index (χ1v) is 6.14. The number of likely N-dealkylation sites (tertiary alicyclic amines) is 1. The number of nitrogens with zero attached hydrogens (tertiary/aromatic N) is 1. The first-order valence-electron chi connectivity index (χ1n) is 6.14. The lowest BCUT2D eigenvalue weighted by atomic mass is 9.96. The first-order chi connectivity index (χ1) is 6.72. The summed E-state index contributed by atoms with van der Waals surface area (Å²) in [4.78, 5) is 2.57. The predicted octanol–water partition coefficient (Wildman–Crippen LogP) is 2.34. The van der Waals surface area contributed by atoms with Crippen LogP contribution < -0.4 is 5.73 Å². The fraction of sp³-hybridized carbons (Fsp3) is 1.00. The van der Waals surface area contributed by atoms with E-state index in [4.69, 9.17) is 5.73 Å². The molecule has 0 saturated carbocycles. The Hall–Kier alpha value is -0.0800. The summed E-state index contributed by atoms with van der Waals surface area (Å²) in [6.07, 6.45) is 2.62. The van der Waals surface area contributed by atoms with Crippen LogP contribution in [0.4, 0.5) is 0 Å². The second-order valence-electron chi connectivity index (χ2n) is 4.37. The Kier molecular flexibility index (Phi) is 8.20. The Morgan fingerprint density at radius 3 is 2.07 bits per heavy atom. The molecule has 1 heterocycles. The molecule has 1 saturated heterocycles. The summed E-state index contributed by atoms with van der Waals surface area (Å²) in [5.41, 5.74) is 5.63. The summed E-state index contributed by atoms with van der Waals surface area (Å²) < 4.78 is 0. The lowest BCUT2D eigenvalue weighted by Crippen LogP contribution is -2.37. The lowest BCUT2D eigenvalue weighted by molar-refractivity contribution is 0.171. The Morgan fingerprint density at radius 1 is 1.21 bits per heavy atom. The monoisotopic (exact) mass is 200 g/mol. The Morgan fingerprint density at radius 2 is 1.71 bits per heavy atom. The van der Waals surface area contributed by atoms with Crippen molar-refractivity contribution in [3.8, 4) is 0 Å². The molecule has 1 aliphatic heterocycles. The summed E-state index contributed by atoms with van der Waals surface area (Å²) in [5, 5.41) is 0. The minimum Gasteiger partial charge on any atom is -0.330 e. The van der Waals surface area contributed by atoms with Crippen molar-refractivity contribution in [3.05, 3.63) is 0 Å². The molecule has 2 N–H and O–H groups in total. The standard InChI is InChI=1S/C10H22N2.C2H6/c1-9(2)8-12-5-3-10(7-11)4-6-12;1-2/h9-10H,3-8,11H2,1-2H3;1-2H3. The van der Waals surface area contributed by atoms with Gasteiger partial charge in [0.25, 0.3) is 0 Å². The fourth-order valence-corrected chi connectivity index (χ4v) is 1.92. The predicted molar refractivity (Wildman–Crippen MR) is 64.4 cm³/mol. The van der Waals surface area contributed by atoms with Crippen LogP contribution in [0.25, 0.3) is 0 Å². The Bertz CT molecular complexity index is 115. The van der Waals surface area contributed by atoms with E-state index in [0.717, 1.165) is 18.4 Å². The van der Waals surface area contributed by atoms with E-state index in [1.807, 2.05) is 13.8 Å². The molecule has 1 fully saturated rings. The van der Waals surface area contributed by atoms with Crippen molar-refractivity contribution in [1.29, 1.82) is 0 Å². The van der Waals surface area contributed by atoms with Gasteiger partial charge in [-0.3, -0.25) is 0 Å². The molecule has 0 atom stereocenters. The van der Waals surface area contributed by atoms with Crippen LogP contribution >= 0.6 is 0 Å². The van der Waals surface area contributed by atoms with E-state index in [9.17, 15) is 0 Å². The summed E-state index contributed by atoms with van der Waals surface area (Å²) in [6, 6.07) is 0. The highest BCUT2D eigenvalue weighted by Gasteiger charge is 2.17. The molecular weight excluding hydrogens is 172 g/mol. The largest absolute Gasteiger partial charge is 0.330 e. The van der Waals surface area contributed by atoms with Gasteiger partial charge in [0, 0.05) is 6.54 Å². The third-order valence-corrected chi connectivity index (χ3v) is 2.66. The SMILES string of the molecule is CC.CC(C)CN1CCC(CN)CC1. The highest BCUT2D eigenvalue weighted by Crippen LogP contribution is 2.16. The molecule has 1 rings (SSSR count). The zero-order valence-electron chi connectivity index (χ0n) is 10.4. The van der Waals surface area contributed by atoms with Gasteiger partial charge >= 0.3 is 0 Å². The van der Waals surface area contributed by atoms with E-state index >= 15 is 0 Å². The molecular formula is C12H28N2. The first kappa shape index (κ1) is 13.9. The van der Waals surface area contributed by atoms with Crippen LogP contribution in [-0.2, 0) is 0 Å². The number of piperidine rings is 1. The van der Waals surface area contributed by atoms with E-state index in [1.165, 1.54) is 32.5 Å². The summed E-state index contributed by atoms with van der Waals surface area (Å²) in [5.74, 6) is 1.60. The van der Waals surface area contributed by atoms with Gasteiger partial charge in [-0.15, -0.1) is 0 Å². The fourth-order valence-electron chi connectivity index (χ4n) is 1.92. The number of nitrogens with two attached hydrogens (primary N) is 1. The maximum absolute atomic E-state index is 5.63. The van der Waals surface area contributed by atoms with Crippen LogP contribution in [0.3, 0.4) is 0 Å². The molecule has 2 heteroatoms. The topological polar surface area (TPSA) is 29.3 Å². The van der Waals surface area contributed by atoms with Gasteiger partial charge in [-0.25, -0.2) is 0 Å². The van der Waals surface area contributed by atoms with E-state index in [-0.39, 0.29) is 0 Å². The summed E-state index contributed by atoms with van der Waals surface area (Å²) in [6.45, 7) is 13.2. The second kappa shape index (κ2) is 8.25. The zero-order chi connectivity index (χ0) is 11.0. The van der Waals surface area contributed by atoms with E-state index < -0.39 is 0 Å². The molecule has 0 unspecified atom stereocenters. The molecule has 14 heavy (non-hydrogen) atoms. The normalized spacial score (nSPS) is 19.3. The van der Waals surface area contributed by atoms with Crippen molar-refractivity contribution in [2.75, 3.05) is 26.2 Å². The quantitative estimate of drug-likeness (QED) is 0.757. The molecule has 0 amide bonds. The molecule has 0 aliphatic carbocycles. The maximum atomic E-state index is 5.63. The van der Waals surface area contributed by atoms with Crippen molar-refractivity contribution in [2.24, 2.45) is 17.6 Å². The highest BCUT2D eigenvalue weighted by atomic mass is 15.1. The van der Waals surface area contributed by atoms with Gasteiger partial charge in [0.2, 0.25) is 0 Å². The van der Waals surface area contributed by atoms with Gasteiger partial charge in [0.1, 0.15) is 0 Å². The minimum absolute atomic E-state index is 0.799. The van der Waals surface area contributed by atoms with Crippen LogP contribution in [0.1, 0.15) is 40.5 Å². The zero-order valence-corrected chi connectivity index (χ0v) is 10.4. The summed E-state index contributed by atoms with van der Waals surface area (Å²) >= 11 is 0. The lowest BCUT2D eigenvalue weighted by Gasteiger charge is -2.32. The molecule has 0 aromatic carbocycles. The number of hydrogen-bond acceptors (Lipinski definition) is 2. The van der Waals surface area contributed by atoms with Crippen LogP contribution in [0.2, 0.25) is 0 Å². The molecule has 0 aromatic rings. The minimum atomic E-state index is 0.799. The molecule has 0 bridgehead atoms. The van der Waals surface area contributed by atoms with E-state index in [0.29, 0.717) is 0 Å². The van der Waals surface area contributed by atoms with Gasteiger partial charge in [-0.2, -0.15) is 0 Å². The molecule has 1 aliphatic rings. The Balaban J connectivity index is 0.000000791. The molecule has 86 valence electrons. The van der Waals surface area contributed by atoms with E-state index in [2.05, 4.69) is 18.7 Å². The highest BCUT2D eigenvalue weighted by molar-refractivity contribution is 4.73. The average molecular weight is 200 g/mol. The van der Waals surface area contributed by atoms with Crippen molar-refractivity contribution < 1.29 is 0 Å². The van der Waals surface area contributed by atoms with Gasteiger partial charge < -0.3 is 10.6 Å².